The Hall–Kier alpha value is -4.86. The number of carbonyl (C=O) groups is 6. The number of hydrogen-bond donors (Lipinski definition) is 9. The molecule has 2 aromatic rings. The summed E-state index contributed by atoms with van der Waals surface area (Å²) in [6.45, 7) is 15.5. The van der Waals surface area contributed by atoms with Gasteiger partial charge in [-0.2, -0.15) is 0 Å². The Bertz CT molecular complexity index is 2160. The third-order valence-corrected chi connectivity index (χ3v) is 17.3. The zero-order valence-electron chi connectivity index (χ0n) is 43.2. The lowest BCUT2D eigenvalue weighted by Crippen LogP contribution is -2.63. The number of benzene rings is 2. The van der Waals surface area contributed by atoms with Gasteiger partial charge in [-0.15, -0.1) is 0 Å². The minimum Gasteiger partial charge on any atom is -0.480 e. The molecular weight excluding hydrogens is 903 g/mol. The van der Waals surface area contributed by atoms with Crippen LogP contribution in [0.3, 0.4) is 0 Å². The highest BCUT2D eigenvalue weighted by Crippen LogP contribution is 2.68. The van der Waals surface area contributed by atoms with Crippen LogP contribution in [0, 0.1) is 58.2 Å². The summed E-state index contributed by atoms with van der Waals surface area (Å²) in [7, 11) is 0. The van der Waals surface area contributed by atoms with Crippen molar-refractivity contribution in [2.75, 3.05) is 0 Å². The summed E-state index contributed by atoms with van der Waals surface area (Å²) in [6, 6.07) is 12.3. The van der Waals surface area contributed by atoms with Gasteiger partial charge in [0, 0.05) is 19.3 Å². The summed E-state index contributed by atoms with van der Waals surface area (Å²) >= 11 is 0. The number of aliphatic carboxylic acids is 1. The maximum atomic E-state index is 14.3. The number of hydrogen-bond acceptors (Lipinski definition) is 9. The lowest BCUT2D eigenvalue weighted by atomic mass is 9.43. The van der Waals surface area contributed by atoms with E-state index in [1.54, 1.807) is 62.4 Å². The van der Waals surface area contributed by atoms with E-state index in [1.807, 2.05) is 26.0 Å². The summed E-state index contributed by atoms with van der Waals surface area (Å²) in [5, 5.41) is 57.6. The molecule has 4 aliphatic carbocycles. The molecule has 16 atom stereocenters. The molecule has 0 spiro atoms. The number of aliphatic hydroxyl groups is 3. The van der Waals surface area contributed by atoms with Gasteiger partial charge in [0.2, 0.25) is 29.5 Å². The molecule has 4 fully saturated rings. The molecule has 0 aliphatic heterocycles. The molecule has 0 unspecified atom stereocenters. The fourth-order valence-corrected chi connectivity index (χ4v) is 13.6. The Kier molecular flexibility index (Phi) is 18.6. The van der Waals surface area contributed by atoms with Crippen molar-refractivity contribution in [1.82, 2.24) is 26.6 Å². The number of fused-ring (bicyclic) bond motifs is 5. The molecule has 4 saturated carbocycles. The first-order chi connectivity index (χ1) is 33.5. The van der Waals surface area contributed by atoms with E-state index in [0.717, 1.165) is 36.8 Å². The molecule has 392 valence electrons. The van der Waals surface area contributed by atoms with Crippen molar-refractivity contribution in [3.05, 3.63) is 71.8 Å². The van der Waals surface area contributed by atoms with Gasteiger partial charge >= 0.3 is 5.97 Å². The van der Waals surface area contributed by atoms with Crippen LogP contribution in [0.25, 0.3) is 0 Å². The van der Waals surface area contributed by atoms with Crippen LogP contribution in [0.4, 0.5) is 0 Å². The lowest BCUT2D eigenvalue weighted by molar-refractivity contribution is -0.213. The van der Waals surface area contributed by atoms with Crippen LogP contribution in [0.15, 0.2) is 60.7 Å². The fraction of sp³-hybridized carbons (Fsp3) is 0.679. The van der Waals surface area contributed by atoms with Gasteiger partial charge in [0.25, 0.3) is 0 Å². The van der Waals surface area contributed by atoms with Gasteiger partial charge in [-0.05, 0) is 134 Å². The maximum Gasteiger partial charge on any atom is 0.325 e. The largest absolute Gasteiger partial charge is 0.480 e. The van der Waals surface area contributed by atoms with Crippen LogP contribution < -0.4 is 26.6 Å². The van der Waals surface area contributed by atoms with E-state index >= 15 is 0 Å². The van der Waals surface area contributed by atoms with E-state index in [4.69, 9.17) is 0 Å². The van der Waals surface area contributed by atoms with E-state index in [9.17, 15) is 49.2 Å². The summed E-state index contributed by atoms with van der Waals surface area (Å²) in [5.74, 6) is -3.71. The average Bonchev–Trinajstić information content (AvgIpc) is 3.66. The number of carbonyl (C=O) groups excluding carboxylic acids is 5. The van der Waals surface area contributed by atoms with Gasteiger partial charge in [-0.25, -0.2) is 0 Å². The van der Waals surface area contributed by atoms with Crippen molar-refractivity contribution < 1.29 is 49.2 Å². The van der Waals surface area contributed by atoms with Crippen LogP contribution >= 0.6 is 0 Å². The molecule has 0 bridgehead atoms. The molecule has 15 nitrogen and oxygen atoms in total. The Morgan fingerprint density at radius 2 is 1.21 bits per heavy atom. The number of amides is 5. The first-order valence-corrected chi connectivity index (χ1v) is 26.4. The van der Waals surface area contributed by atoms with Gasteiger partial charge in [-0.3, -0.25) is 28.8 Å². The van der Waals surface area contributed by atoms with E-state index in [-0.39, 0.29) is 83.5 Å². The van der Waals surface area contributed by atoms with Gasteiger partial charge in [-0.1, -0.05) is 109 Å². The van der Waals surface area contributed by atoms with Crippen molar-refractivity contribution in [2.45, 2.75) is 181 Å². The van der Waals surface area contributed by atoms with E-state index in [0.29, 0.717) is 32.1 Å². The molecular formula is C56H83N5O10. The Balaban J connectivity index is 1.10. The fourth-order valence-electron chi connectivity index (χ4n) is 13.6. The first-order valence-electron chi connectivity index (χ1n) is 26.4. The SMILES string of the molecule is CC(C)C[C@H](NC(=O)CC[C@@H](C)[C@H]1CC[C@H]2[C@H]3[C@H]([C@H](O)C[C@]12C)[C@@]1(C)CC[C@@H](O)C[C@H]1C[C@H]3O)C(=O)N[C@H](C(=O)N[C@@H](Cc1ccccc1)C(=O)N[C@@H](Cc1ccccc1)C(=O)N[C@@H](C)C(=O)O)C(C)C. The van der Waals surface area contributed by atoms with Gasteiger partial charge < -0.3 is 47.0 Å². The Labute approximate surface area is 420 Å². The van der Waals surface area contributed by atoms with Crippen molar-refractivity contribution >= 4 is 35.5 Å². The van der Waals surface area contributed by atoms with Gasteiger partial charge in [0.1, 0.15) is 30.2 Å². The van der Waals surface area contributed by atoms with Gasteiger partial charge in [0.15, 0.2) is 0 Å². The highest BCUT2D eigenvalue weighted by atomic mass is 16.4. The predicted molar refractivity (Wildman–Crippen MR) is 270 cm³/mol. The molecule has 2 aromatic carbocycles. The molecule has 0 heterocycles. The Morgan fingerprint density at radius 3 is 1.77 bits per heavy atom. The van der Waals surface area contributed by atoms with Crippen LogP contribution in [0.5, 0.6) is 0 Å². The third-order valence-electron chi connectivity index (χ3n) is 17.3. The molecule has 5 amide bonds. The second-order valence-corrected chi connectivity index (χ2v) is 23.2. The summed E-state index contributed by atoms with van der Waals surface area (Å²) in [5.41, 5.74) is 1.11. The second-order valence-electron chi connectivity index (χ2n) is 23.2. The Morgan fingerprint density at radius 1 is 0.648 bits per heavy atom. The third kappa shape index (κ3) is 13.2. The second kappa shape index (κ2) is 23.8. The minimum atomic E-state index is -1.24. The summed E-state index contributed by atoms with van der Waals surface area (Å²) in [6.07, 6.45) is 5.21. The highest BCUT2D eigenvalue weighted by molar-refractivity contribution is 5.96. The lowest BCUT2D eigenvalue weighted by Gasteiger charge is -2.63. The smallest absolute Gasteiger partial charge is 0.325 e. The molecule has 4 aliphatic rings. The molecule has 71 heavy (non-hydrogen) atoms. The van der Waals surface area contributed by atoms with Crippen molar-refractivity contribution in [3.63, 3.8) is 0 Å². The van der Waals surface area contributed by atoms with Crippen molar-refractivity contribution in [2.24, 2.45) is 58.2 Å². The number of aliphatic hydroxyl groups excluding tert-OH is 3. The number of nitrogens with one attached hydrogen (secondary N) is 5. The van der Waals surface area contributed by atoms with Crippen LogP contribution in [-0.4, -0.2) is 104 Å². The zero-order valence-corrected chi connectivity index (χ0v) is 43.2. The van der Waals surface area contributed by atoms with Crippen molar-refractivity contribution in [3.8, 4) is 0 Å². The molecule has 9 N–H and O–H groups in total. The zero-order chi connectivity index (χ0) is 51.9. The predicted octanol–water partition coefficient (Wildman–Crippen LogP) is 5.08. The average molecular weight is 986 g/mol. The maximum absolute atomic E-state index is 14.3. The van der Waals surface area contributed by atoms with E-state index in [2.05, 4.69) is 47.4 Å². The quantitative estimate of drug-likeness (QED) is 0.0804. The monoisotopic (exact) mass is 986 g/mol. The van der Waals surface area contributed by atoms with E-state index < -0.39 is 77.9 Å². The van der Waals surface area contributed by atoms with Gasteiger partial charge in [0.05, 0.1) is 18.3 Å². The van der Waals surface area contributed by atoms with Crippen molar-refractivity contribution in [1.29, 1.82) is 0 Å². The normalized spacial score (nSPS) is 30.5. The first kappa shape index (κ1) is 55.5. The molecule has 0 saturated heterocycles. The molecule has 15 heteroatoms. The minimum absolute atomic E-state index is 0.00827. The molecule has 0 aromatic heterocycles. The number of carboxylic acids is 1. The highest BCUT2D eigenvalue weighted by Gasteiger charge is 2.65. The van der Waals surface area contributed by atoms with Crippen LogP contribution in [-0.2, 0) is 41.6 Å². The summed E-state index contributed by atoms with van der Waals surface area (Å²) in [4.78, 5) is 81.6. The number of carboxylic acid groups (broad SMARTS) is 1. The van der Waals surface area contributed by atoms with Crippen LogP contribution in [0.1, 0.15) is 131 Å². The van der Waals surface area contributed by atoms with Crippen LogP contribution in [0.2, 0.25) is 0 Å². The number of rotatable bonds is 21. The topological polar surface area (TPSA) is 243 Å². The molecule has 6 rings (SSSR count). The summed E-state index contributed by atoms with van der Waals surface area (Å²) < 4.78 is 0. The van der Waals surface area contributed by atoms with E-state index in [1.165, 1.54) is 6.92 Å². The standard InChI is InChI=1S/C56H83N5O10/c1-31(2)25-41(58-46(65)22-19-33(5)39-20-21-40-47-44(63)29-37-28-38(62)23-24-55(37,7)48(47)45(64)30-56(39,40)8)52(68)61-49(32(3)4)53(69)60-43(27-36-17-13-10-14-18-36)51(67)59-42(26-35-15-11-9-12-16-35)50(66)57-34(6)54(70)71/h9-18,31-34,37-45,47-49,62-64H,19-30H2,1-8H3,(H,57,66)(H,58,65)(H,59,67)(H,60,69)(H,61,68)(H,70,71)/t33-,34+,37+,38-,39-,40+,41+,42+,43+,44-,45-,47-,48+,49+,55+,56-/m1/s1. The molecule has 0 radical (unpaired) electrons.